The zero-order valence-electron chi connectivity index (χ0n) is 19.7. The lowest BCUT2D eigenvalue weighted by Crippen LogP contribution is -2.45. The maximum atomic E-state index is 12.9. The number of nitrogens with one attached hydrogen (secondary N) is 1. The first kappa shape index (κ1) is 23.3. The van der Waals surface area contributed by atoms with Crippen molar-refractivity contribution in [1.29, 1.82) is 0 Å². The van der Waals surface area contributed by atoms with Crippen LogP contribution >= 0.6 is 11.3 Å². The van der Waals surface area contributed by atoms with Crippen LogP contribution in [0.3, 0.4) is 0 Å². The zero-order chi connectivity index (χ0) is 24.0. The highest BCUT2D eigenvalue weighted by Crippen LogP contribution is 2.30. The van der Waals surface area contributed by atoms with E-state index in [0.29, 0.717) is 16.9 Å². The molecule has 5 rings (SSSR count). The highest BCUT2D eigenvalue weighted by atomic mass is 32.1. The van der Waals surface area contributed by atoms with Crippen LogP contribution in [0.2, 0.25) is 0 Å². The normalized spacial score (nSPS) is 14.6. The fraction of sp³-hybridized carbons (Fsp3) is 0.207. The van der Waals surface area contributed by atoms with Gasteiger partial charge in [-0.2, -0.15) is 0 Å². The molecule has 3 N–H and O–H groups in total. The Balaban J connectivity index is 1.15. The number of carbonyl (C=O) groups excluding carboxylic acids is 1. The van der Waals surface area contributed by atoms with Crippen LogP contribution in [0.25, 0.3) is 10.4 Å². The Morgan fingerprint density at radius 1 is 0.800 bits per heavy atom. The number of benzene rings is 3. The number of carbonyl (C=O) groups is 1. The van der Waals surface area contributed by atoms with Gasteiger partial charge in [0.25, 0.3) is 5.91 Å². The molecular formula is C29H30N4OS. The van der Waals surface area contributed by atoms with E-state index < -0.39 is 0 Å². The fourth-order valence-electron chi connectivity index (χ4n) is 4.42. The molecule has 1 aromatic heterocycles. The van der Waals surface area contributed by atoms with Crippen LogP contribution in [-0.4, -0.2) is 41.9 Å². The summed E-state index contributed by atoms with van der Waals surface area (Å²) in [6.07, 6.45) is 0. The molecule has 1 aliphatic heterocycles. The van der Waals surface area contributed by atoms with Gasteiger partial charge < -0.3 is 11.1 Å². The third-order valence-corrected chi connectivity index (χ3v) is 7.36. The molecule has 0 radical (unpaired) electrons. The number of nitrogens with zero attached hydrogens (tertiary/aromatic N) is 2. The largest absolute Gasteiger partial charge is 0.397 e. The number of nitrogen functional groups attached to an aromatic ring is 1. The van der Waals surface area contributed by atoms with Crippen LogP contribution in [-0.2, 0) is 13.1 Å². The van der Waals surface area contributed by atoms with Crippen molar-refractivity contribution in [2.24, 2.45) is 0 Å². The van der Waals surface area contributed by atoms with E-state index >= 15 is 0 Å². The highest BCUT2D eigenvalue weighted by molar-refractivity contribution is 7.13. The van der Waals surface area contributed by atoms with Crippen molar-refractivity contribution >= 4 is 28.6 Å². The molecule has 1 amide bonds. The summed E-state index contributed by atoms with van der Waals surface area (Å²) in [5, 5.41) is 5.02. The molecule has 1 aliphatic rings. The summed E-state index contributed by atoms with van der Waals surface area (Å²) < 4.78 is 0. The summed E-state index contributed by atoms with van der Waals surface area (Å²) >= 11 is 1.66. The molecular weight excluding hydrogens is 452 g/mol. The van der Waals surface area contributed by atoms with E-state index in [1.165, 1.54) is 11.1 Å². The SMILES string of the molecule is Nc1ccc(-c2cccs2)cc1NC(=O)c1ccc(CN2CCN(Cc3ccccc3)CC2)cc1. The molecule has 1 saturated heterocycles. The van der Waals surface area contributed by atoms with Crippen LogP contribution in [0.1, 0.15) is 21.5 Å². The van der Waals surface area contributed by atoms with Gasteiger partial charge in [0, 0.05) is 49.7 Å². The van der Waals surface area contributed by atoms with E-state index in [9.17, 15) is 4.79 Å². The Morgan fingerprint density at radius 3 is 2.09 bits per heavy atom. The van der Waals surface area contributed by atoms with E-state index in [0.717, 1.165) is 49.7 Å². The minimum absolute atomic E-state index is 0.152. The Bertz CT molecular complexity index is 1250. The van der Waals surface area contributed by atoms with Gasteiger partial charge in [0.2, 0.25) is 0 Å². The Morgan fingerprint density at radius 2 is 1.46 bits per heavy atom. The van der Waals surface area contributed by atoms with Crippen molar-refractivity contribution < 1.29 is 4.79 Å². The molecule has 0 aliphatic carbocycles. The van der Waals surface area contributed by atoms with Crippen molar-refractivity contribution in [3.8, 4) is 10.4 Å². The molecule has 0 saturated carbocycles. The van der Waals surface area contributed by atoms with Gasteiger partial charge in [0.05, 0.1) is 11.4 Å². The Kier molecular flexibility index (Phi) is 7.23. The second-order valence-corrected chi connectivity index (χ2v) is 9.92. The number of hydrogen-bond acceptors (Lipinski definition) is 5. The summed E-state index contributed by atoms with van der Waals surface area (Å²) in [4.78, 5) is 19.0. The standard InChI is InChI=1S/C29H30N4OS/c30-26-13-12-25(28-7-4-18-35-28)19-27(26)31-29(34)24-10-8-23(9-11-24)21-33-16-14-32(15-17-33)20-22-5-2-1-3-6-22/h1-13,18-19H,14-17,20-21,30H2,(H,31,34). The number of thiophene rings is 1. The highest BCUT2D eigenvalue weighted by Gasteiger charge is 2.17. The number of hydrogen-bond donors (Lipinski definition) is 2. The summed E-state index contributed by atoms with van der Waals surface area (Å²) in [5.74, 6) is -0.152. The van der Waals surface area contributed by atoms with E-state index in [2.05, 4.69) is 63.6 Å². The fourth-order valence-corrected chi connectivity index (χ4v) is 5.15. The molecule has 6 heteroatoms. The second kappa shape index (κ2) is 10.9. The second-order valence-electron chi connectivity index (χ2n) is 8.97. The molecule has 2 heterocycles. The Labute approximate surface area is 210 Å². The quantitative estimate of drug-likeness (QED) is 0.338. The zero-order valence-corrected chi connectivity index (χ0v) is 20.5. The average Bonchev–Trinajstić information content (AvgIpc) is 3.43. The van der Waals surface area contributed by atoms with E-state index in [4.69, 9.17) is 5.73 Å². The van der Waals surface area contributed by atoms with Gasteiger partial charge in [-0.05, 0) is 52.4 Å². The van der Waals surface area contributed by atoms with Crippen LogP contribution in [0, 0.1) is 0 Å². The molecule has 178 valence electrons. The van der Waals surface area contributed by atoms with Crippen molar-refractivity contribution in [3.63, 3.8) is 0 Å². The van der Waals surface area contributed by atoms with Gasteiger partial charge in [-0.1, -0.05) is 54.6 Å². The maximum absolute atomic E-state index is 12.9. The first-order valence-corrected chi connectivity index (χ1v) is 12.8. The number of amides is 1. The number of anilines is 2. The Hall–Kier alpha value is -3.45. The first-order valence-electron chi connectivity index (χ1n) is 12.0. The van der Waals surface area contributed by atoms with Crippen molar-refractivity contribution in [2.75, 3.05) is 37.2 Å². The molecule has 35 heavy (non-hydrogen) atoms. The van der Waals surface area contributed by atoms with Crippen molar-refractivity contribution in [2.45, 2.75) is 13.1 Å². The number of piperazine rings is 1. The summed E-state index contributed by atoms with van der Waals surface area (Å²) in [7, 11) is 0. The van der Waals surface area contributed by atoms with Crippen LogP contribution in [0.4, 0.5) is 11.4 Å². The predicted octanol–water partition coefficient (Wildman–Crippen LogP) is 5.57. The topological polar surface area (TPSA) is 61.6 Å². The summed E-state index contributed by atoms with van der Waals surface area (Å²) in [5.41, 5.74) is 11.6. The van der Waals surface area contributed by atoms with Crippen molar-refractivity contribution in [3.05, 3.63) is 107 Å². The molecule has 5 nitrogen and oxygen atoms in total. The summed E-state index contributed by atoms with van der Waals surface area (Å²) in [6.45, 7) is 6.16. The minimum atomic E-state index is -0.152. The monoisotopic (exact) mass is 482 g/mol. The lowest BCUT2D eigenvalue weighted by Gasteiger charge is -2.34. The van der Waals surface area contributed by atoms with Gasteiger partial charge in [-0.15, -0.1) is 11.3 Å². The number of nitrogens with two attached hydrogens (primary N) is 1. The predicted molar refractivity (Wildman–Crippen MR) is 146 cm³/mol. The average molecular weight is 483 g/mol. The molecule has 0 unspecified atom stereocenters. The molecule has 3 aromatic carbocycles. The van der Waals surface area contributed by atoms with E-state index in [1.807, 2.05) is 41.8 Å². The molecule has 4 aromatic rings. The molecule has 0 spiro atoms. The molecule has 0 atom stereocenters. The smallest absolute Gasteiger partial charge is 0.255 e. The minimum Gasteiger partial charge on any atom is -0.397 e. The van der Waals surface area contributed by atoms with E-state index in [1.54, 1.807) is 11.3 Å². The van der Waals surface area contributed by atoms with Gasteiger partial charge >= 0.3 is 0 Å². The lowest BCUT2D eigenvalue weighted by molar-refractivity contribution is 0.102. The summed E-state index contributed by atoms with van der Waals surface area (Å²) in [6, 6.07) is 28.4. The van der Waals surface area contributed by atoms with Crippen LogP contribution in [0.5, 0.6) is 0 Å². The van der Waals surface area contributed by atoms with Crippen LogP contribution < -0.4 is 11.1 Å². The van der Waals surface area contributed by atoms with E-state index in [-0.39, 0.29) is 5.91 Å². The van der Waals surface area contributed by atoms with Gasteiger partial charge in [0.1, 0.15) is 0 Å². The lowest BCUT2D eigenvalue weighted by atomic mass is 10.1. The van der Waals surface area contributed by atoms with Gasteiger partial charge in [0.15, 0.2) is 0 Å². The molecule has 0 bridgehead atoms. The third kappa shape index (κ3) is 5.98. The molecule has 1 fully saturated rings. The van der Waals surface area contributed by atoms with Crippen LogP contribution in [0.15, 0.2) is 90.3 Å². The first-order chi connectivity index (χ1) is 17.1. The number of rotatable bonds is 7. The third-order valence-electron chi connectivity index (χ3n) is 6.44. The van der Waals surface area contributed by atoms with Crippen molar-refractivity contribution in [1.82, 2.24) is 9.80 Å². The van der Waals surface area contributed by atoms with Gasteiger partial charge in [-0.25, -0.2) is 0 Å². The maximum Gasteiger partial charge on any atom is 0.255 e. The van der Waals surface area contributed by atoms with Gasteiger partial charge in [-0.3, -0.25) is 14.6 Å².